The van der Waals surface area contributed by atoms with Gasteiger partial charge in [-0.3, -0.25) is 0 Å². The second-order valence-electron chi connectivity index (χ2n) is 6.59. The first-order valence-corrected chi connectivity index (χ1v) is 8.26. The molecule has 0 unspecified atom stereocenters. The van der Waals surface area contributed by atoms with E-state index in [2.05, 4.69) is 54.5 Å². The second-order valence-corrected chi connectivity index (χ2v) is 6.59. The summed E-state index contributed by atoms with van der Waals surface area (Å²) in [6.07, 6.45) is 4.14. The van der Waals surface area contributed by atoms with Crippen LogP contribution in [0.1, 0.15) is 24.5 Å². The zero-order chi connectivity index (χ0) is 16.1. The van der Waals surface area contributed by atoms with Gasteiger partial charge in [0.2, 0.25) is 0 Å². The number of aromatic nitrogens is 6. The normalized spacial score (nSPS) is 18.0. The summed E-state index contributed by atoms with van der Waals surface area (Å²) in [5.41, 5.74) is 1.90. The third-order valence-corrected chi connectivity index (χ3v) is 4.91. The van der Waals surface area contributed by atoms with Gasteiger partial charge in [0.15, 0.2) is 11.5 Å². The maximum atomic E-state index is 4.54. The minimum absolute atomic E-state index is 0.413. The van der Waals surface area contributed by atoms with Crippen LogP contribution >= 0.6 is 0 Å². The molecule has 8 heteroatoms. The lowest BCUT2D eigenvalue weighted by molar-refractivity contribution is 0.486. The molecule has 8 nitrogen and oxygen atoms in total. The first-order valence-electron chi connectivity index (χ1n) is 8.26. The molecule has 4 heterocycles. The molecule has 3 aromatic heterocycles. The molecule has 0 atom stereocenters. The molecule has 1 saturated heterocycles. The predicted octanol–water partition coefficient (Wildman–Crippen LogP) is 1.12. The lowest BCUT2D eigenvalue weighted by Gasteiger charge is -2.44. The first-order chi connectivity index (χ1) is 11.8. The minimum Gasteiger partial charge on any atom is -0.352 e. The van der Waals surface area contributed by atoms with Crippen molar-refractivity contribution >= 4 is 17.3 Å². The molecule has 0 bridgehead atoms. The van der Waals surface area contributed by atoms with Crippen molar-refractivity contribution in [1.29, 1.82) is 0 Å². The third kappa shape index (κ3) is 2.26. The number of hydrogen-bond acceptors (Lipinski definition) is 7. The number of nitrogens with zero attached hydrogens (tertiary/aromatic N) is 8. The fourth-order valence-electron chi connectivity index (χ4n) is 3.08. The SMILES string of the molecule is CN(c1ccc2nncn2n1)C1CN(c2ccc(C3CC3)nn2)C1. The summed E-state index contributed by atoms with van der Waals surface area (Å²) in [5, 5.41) is 21.1. The van der Waals surface area contributed by atoms with E-state index < -0.39 is 0 Å². The van der Waals surface area contributed by atoms with Gasteiger partial charge in [0.1, 0.15) is 12.1 Å². The van der Waals surface area contributed by atoms with Gasteiger partial charge in [0, 0.05) is 26.1 Å². The van der Waals surface area contributed by atoms with E-state index in [-0.39, 0.29) is 0 Å². The van der Waals surface area contributed by atoms with E-state index in [4.69, 9.17) is 0 Å². The van der Waals surface area contributed by atoms with E-state index in [1.165, 1.54) is 12.8 Å². The summed E-state index contributed by atoms with van der Waals surface area (Å²) in [7, 11) is 2.07. The van der Waals surface area contributed by atoms with Crippen molar-refractivity contribution in [2.75, 3.05) is 29.9 Å². The molecule has 1 saturated carbocycles. The summed E-state index contributed by atoms with van der Waals surface area (Å²) in [6, 6.07) is 8.55. The Balaban J connectivity index is 1.26. The highest BCUT2D eigenvalue weighted by Crippen LogP contribution is 2.38. The van der Waals surface area contributed by atoms with Crippen LogP contribution in [0.5, 0.6) is 0 Å². The van der Waals surface area contributed by atoms with Gasteiger partial charge in [-0.05, 0) is 37.1 Å². The van der Waals surface area contributed by atoms with Crippen LogP contribution < -0.4 is 9.80 Å². The summed E-state index contributed by atoms with van der Waals surface area (Å²) in [4.78, 5) is 4.45. The van der Waals surface area contributed by atoms with Crippen LogP contribution in [0, 0.1) is 0 Å². The smallest absolute Gasteiger partial charge is 0.177 e. The summed E-state index contributed by atoms with van der Waals surface area (Å²) >= 11 is 0. The number of hydrogen-bond donors (Lipinski definition) is 0. The Morgan fingerprint density at radius 3 is 2.67 bits per heavy atom. The molecule has 2 aliphatic rings. The third-order valence-electron chi connectivity index (χ3n) is 4.91. The molecule has 0 radical (unpaired) electrons. The largest absolute Gasteiger partial charge is 0.352 e. The van der Waals surface area contributed by atoms with Crippen LogP contribution in [-0.2, 0) is 0 Å². The van der Waals surface area contributed by atoms with Gasteiger partial charge in [0.05, 0.1) is 11.7 Å². The monoisotopic (exact) mass is 322 g/mol. The maximum Gasteiger partial charge on any atom is 0.177 e. The highest BCUT2D eigenvalue weighted by molar-refractivity contribution is 5.49. The molecular formula is C16H18N8. The predicted molar refractivity (Wildman–Crippen MR) is 89.2 cm³/mol. The van der Waals surface area contributed by atoms with Gasteiger partial charge in [-0.2, -0.15) is 9.61 Å². The van der Waals surface area contributed by atoms with E-state index in [1.807, 2.05) is 12.1 Å². The van der Waals surface area contributed by atoms with Crippen LogP contribution in [0.15, 0.2) is 30.6 Å². The van der Waals surface area contributed by atoms with Gasteiger partial charge in [-0.15, -0.1) is 20.4 Å². The molecule has 1 aliphatic heterocycles. The van der Waals surface area contributed by atoms with E-state index in [0.717, 1.165) is 36.1 Å². The molecule has 1 aliphatic carbocycles. The molecule has 0 N–H and O–H groups in total. The quantitative estimate of drug-likeness (QED) is 0.712. The average Bonchev–Trinajstić information content (AvgIpc) is 3.31. The van der Waals surface area contributed by atoms with Crippen molar-refractivity contribution in [3.05, 3.63) is 36.3 Å². The molecule has 0 spiro atoms. The molecule has 3 aromatic rings. The minimum atomic E-state index is 0.413. The van der Waals surface area contributed by atoms with Crippen LogP contribution in [0.25, 0.3) is 5.65 Å². The molecule has 0 amide bonds. The van der Waals surface area contributed by atoms with E-state index >= 15 is 0 Å². The summed E-state index contributed by atoms with van der Waals surface area (Å²) in [5.74, 6) is 2.54. The Hall–Kier alpha value is -2.77. The Bertz CT molecular complexity index is 863. The van der Waals surface area contributed by atoms with Gasteiger partial charge < -0.3 is 9.80 Å². The van der Waals surface area contributed by atoms with E-state index in [9.17, 15) is 0 Å². The summed E-state index contributed by atoms with van der Waals surface area (Å²) < 4.78 is 1.70. The van der Waals surface area contributed by atoms with Crippen molar-refractivity contribution in [2.45, 2.75) is 24.8 Å². The highest BCUT2D eigenvalue weighted by Gasteiger charge is 2.32. The average molecular weight is 322 g/mol. The number of rotatable bonds is 4. The van der Waals surface area contributed by atoms with Crippen molar-refractivity contribution in [3.8, 4) is 0 Å². The van der Waals surface area contributed by atoms with Crippen molar-refractivity contribution in [3.63, 3.8) is 0 Å². The van der Waals surface area contributed by atoms with Crippen molar-refractivity contribution in [1.82, 2.24) is 30.0 Å². The lowest BCUT2D eigenvalue weighted by atomic mass is 10.1. The van der Waals surface area contributed by atoms with Crippen molar-refractivity contribution in [2.24, 2.45) is 0 Å². The topological polar surface area (TPSA) is 75.3 Å². The van der Waals surface area contributed by atoms with Gasteiger partial charge >= 0.3 is 0 Å². The fraction of sp³-hybridized carbons (Fsp3) is 0.438. The number of fused-ring (bicyclic) bond motifs is 1. The zero-order valence-corrected chi connectivity index (χ0v) is 13.4. The van der Waals surface area contributed by atoms with Gasteiger partial charge in [0.25, 0.3) is 0 Å². The molecule has 5 rings (SSSR count). The molecule has 24 heavy (non-hydrogen) atoms. The Labute approximate surface area is 139 Å². The first kappa shape index (κ1) is 13.6. The van der Waals surface area contributed by atoms with Crippen molar-refractivity contribution < 1.29 is 0 Å². The molecular weight excluding hydrogens is 304 g/mol. The highest BCUT2D eigenvalue weighted by atomic mass is 15.4. The zero-order valence-electron chi connectivity index (χ0n) is 13.4. The Morgan fingerprint density at radius 2 is 1.92 bits per heavy atom. The van der Waals surface area contributed by atoms with Crippen LogP contribution in [0.4, 0.5) is 11.6 Å². The fourth-order valence-corrected chi connectivity index (χ4v) is 3.08. The van der Waals surface area contributed by atoms with E-state index in [0.29, 0.717) is 12.0 Å². The maximum absolute atomic E-state index is 4.54. The Morgan fingerprint density at radius 1 is 1.04 bits per heavy atom. The molecule has 0 aromatic carbocycles. The van der Waals surface area contributed by atoms with Gasteiger partial charge in [-0.1, -0.05) is 0 Å². The van der Waals surface area contributed by atoms with E-state index in [1.54, 1.807) is 10.8 Å². The Kier molecular flexibility index (Phi) is 2.91. The number of likely N-dealkylation sites (N-methyl/N-ethyl adjacent to an activating group) is 1. The molecule has 2 fully saturated rings. The van der Waals surface area contributed by atoms with Crippen LogP contribution in [-0.4, -0.2) is 56.2 Å². The van der Waals surface area contributed by atoms with Crippen LogP contribution in [0.3, 0.4) is 0 Å². The second kappa shape index (κ2) is 5.12. The standard InChI is InChI=1S/C16H18N8/c1-22(16-7-6-15-19-17-10-24(15)21-16)12-8-23(9-12)14-5-4-13(18-20-14)11-2-3-11/h4-7,10-12H,2-3,8-9H2,1H3. The summed E-state index contributed by atoms with van der Waals surface area (Å²) in [6.45, 7) is 1.85. The molecule has 122 valence electrons. The van der Waals surface area contributed by atoms with Crippen LogP contribution in [0.2, 0.25) is 0 Å². The lowest BCUT2D eigenvalue weighted by Crippen LogP contribution is -2.59. The number of anilines is 2. The van der Waals surface area contributed by atoms with Gasteiger partial charge in [-0.25, -0.2) is 0 Å².